The Labute approximate surface area is 116 Å². The second-order valence-electron chi connectivity index (χ2n) is 5.94. The zero-order valence-electron chi connectivity index (χ0n) is 12.7. The lowest BCUT2D eigenvalue weighted by Crippen LogP contribution is -2.65. The van der Waals surface area contributed by atoms with E-state index >= 15 is 0 Å². The molecule has 2 rings (SSSR count). The van der Waals surface area contributed by atoms with Gasteiger partial charge in [0.15, 0.2) is 0 Å². The first-order chi connectivity index (χ1) is 9.08. The van der Waals surface area contributed by atoms with Crippen LogP contribution in [0.4, 0.5) is 0 Å². The maximum Gasteiger partial charge on any atom is 0.239 e. The van der Waals surface area contributed by atoms with E-state index in [1.807, 2.05) is 11.9 Å². The van der Waals surface area contributed by atoms with E-state index in [1.165, 1.54) is 0 Å². The molecular formula is C15H28N2O2. The summed E-state index contributed by atoms with van der Waals surface area (Å²) in [4.78, 5) is 13.8. The highest BCUT2D eigenvalue weighted by Gasteiger charge is 2.54. The van der Waals surface area contributed by atoms with Gasteiger partial charge in [-0.25, -0.2) is 0 Å². The molecular weight excluding hydrogens is 240 g/mol. The van der Waals surface area contributed by atoms with Gasteiger partial charge in [0, 0.05) is 31.7 Å². The van der Waals surface area contributed by atoms with Gasteiger partial charge in [-0.2, -0.15) is 0 Å². The highest BCUT2D eigenvalue weighted by Crippen LogP contribution is 2.49. The van der Waals surface area contributed by atoms with Crippen molar-refractivity contribution < 1.29 is 9.53 Å². The van der Waals surface area contributed by atoms with Crippen LogP contribution >= 0.6 is 0 Å². The number of nitrogens with zero attached hydrogens (tertiary/aromatic N) is 1. The Balaban J connectivity index is 1.99. The van der Waals surface area contributed by atoms with Crippen molar-refractivity contribution in [2.45, 2.75) is 64.6 Å². The third kappa shape index (κ3) is 2.40. The van der Waals surface area contributed by atoms with E-state index in [0.29, 0.717) is 12.1 Å². The lowest BCUT2D eigenvalue weighted by atomic mass is 9.58. The van der Waals surface area contributed by atoms with Crippen LogP contribution in [0.5, 0.6) is 0 Å². The summed E-state index contributed by atoms with van der Waals surface area (Å²) in [5.41, 5.74) is 0.220. The van der Waals surface area contributed by atoms with E-state index in [1.54, 1.807) is 0 Å². The third-order valence-electron chi connectivity index (χ3n) is 5.30. The first-order valence-corrected chi connectivity index (χ1v) is 7.71. The van der Waals surface area contributed by atoms with Gasteiger partial charge in [0.2, 0.25) is 5.91 Å². The largest absolute Gasteiger partial charge is 0.378 e. The molecule has 1 amide bonds. The predicted octanol–water partition coefficient (Wildman–Crippen LogP) is 1.79. The zero-order valence-corrected chi connectivity index (χ0v) is 12.7. The minimum atomic E-state index is 0.0232. The second kappa shape index (κ2) is 5.80. The topological polar surface area (TPSA) is 41.6 Å². The zero-order chi connectivity index (χ0) is 14.0. The summed E-state index contributed by atoms with van der Waals surface area (Å²) in [7, 11) is 1.89. The van der Waals surface area contributed by atoms with Crippen molar-refractivity contribution in [1.29, 1.82) is 0 Å². The average Bonchev–Trinajstić information content (AvgIpc) is 2.71. The van der Waals surface area contributed by atoms with Crippen LogP contribution in [0.25, 0.3) is 0 Å². The van der Waals surface area contributed by atoms with Crippen molar-refractivity contribution in [3.8, 4) is 0 Å². The van der Waals surface area contributed by atoms with E-state index in [9.17, 15) is 4.79 Å². The minimum Gasteiger partial charge on any atom is -0.378 e. The molecule has 3 atom stereocenters. The first-order valence-electron chi connectivity index (χ1n) is 7.71. The first kappa shape index (κ1) is 14.8. The lowest BCUT2D eigenvalue weighted by molar-refractivity contribution is -0.144. The number of likely N-dealkylation sites (N-methyl/N-ethyl adjacent to an activating group) is 1. The van der Waals surface area contributed by atoms with Crippen LogP contribution in [0.15, 0.2) is 0 Å². The summed E-state index contributed by atoms with van der Waals surface area (Å²) >= 11 is 0. The fourth-order valence-electron chi connectivity index (χ4n) is 3.83. The Morgan fingerprint density at radius 2 is 2.05 bits per heavy atom. The van der Waals surface area contributed by atoms with Crippen LogP contribution in [-0.4, -0.2) is 49.2 Å². The highest BCUT2D eigenvalue weighted by atomic mass is 16.5. The number of hydrogen-bond acceptors (Lipinski definition) is 3. The average molecular weight is 268 g/mol. The molecule has 1 saturated carbocycles. The molecule has 4 nitrogen and oxygen atoms in total. The molecule has 0 bridgehead atoms. The highest BCUT2D eigenvalue weighted by molar-refractivity contribution is 5.83. The Morgan fingerprint density at radius 3 is 2.53 bits per heavy atom. The monoisotopic (exact) mass is 268 g/mol. The van der Waals surface area contributed by atoms with Crippen molar-refractivity contribution >= 4 is 5.91 Å². The van der Waals surface area contributed by atoms with Crippen molar-refractivity contribution in [1.82, 2.24) is 10.2 Å². The van der Waals surface area contributed by atoms with Crippen LogP contribution in [0.1, 0.15) is 46.5 Å². The molecule has 1 heterocycles. The number of carbonyl (C=O) groups excluding carboxylic acids is 1. The third-order valence-corrected chi connectivity index (χ3v) is 5.30. The molecule has 1 saturated heterocycles. The van der Waals surface area contributed by atoms with Crippen LogP contribution < -0.4 is 5.32 Å². The molecule has 2 aliphatic rings. The van der Waals surface area contributed by atoms with E-state index < -0.39 is 0 Å². The van der Waals surface area contributed by atoms with Crippen molar-refractivity contribution in [2.75, 3.05) is 20.2 Å². The van der Waals surface area contributed by atoms with Gasteiger partial charge in [-0.05, 0) is 32.6 Å². The van der Waals surface area contributed by atoms with Gasteiger partial charge in [-0.15, -0.1) is 0 Å². The van der Waals surface area contributed by atoms with E-state index in [-0.39, 0.29) is 17.4 Å². The van der Waals surface area contributed by atoms with Crippen molar-refractivity contribution in [3.63, 3.8) is 0 Å². The molecule has 0 unspecified atom stereocenters. The number of ether oxygens (including phenoxy) is 1. The molecule has 1 N–H and O–H groups in total. The predicted molar refractivity (Wildman–Crippen MR) is 76.0 cm³/mol. The van der Waals surface area contributed by atoms with Gasteiger partial charge in [0.1, 0.15) is 0 Å². The number of carbonyl (C=O) groups is 1. The molecule has 1 aliphatic carbocycles. The summed E-state index contributed by atoms with van der Waals surface area (Å²) < 4.78 is 5.88. The van der Waals surface area contributed by atoms with E-state index in [4.69, 9.17) is 4.74 Å². The Kier molecular flexibility index (Phi) is 4.51. The molecule has 0 radical (unpaired) electrons. The molecule has 110 valence electrons. The van der Waals surface area contributed by atoms with Gasteiger partial charge in [0.05, 0.1) is 12.1 Å². The normalized spacial score (nSPS) is 33.6. The molecule has 1 aliphatic heterocycles. The van der Waals surface area contributed by atoms with Gasteiger partial charge in [-0.1, -0.05) is 13.8 Å². The summed E-state index contributed by atoms with van der Waals surface area (Å²) in [6.07, 6.45) is 4.57. The summed E-state index contributed by atoms with van der Waals surface area (Å²) in [6.45, 7) is 8.21. The molecule has 0 aromatic carbocycles. The molecule has 0 spiro atoms. The van der Waals surface area contributed by atoms with Crippen molar-refractivity contribution in [3.05, 3.63) is 0 Å². The molecule has 4 heteroatoms. The van der Waals surface area contributed by atoms with Crippen LogP contribution in [0, 0.1) is 5.41 Å². The lowest BCUT2D eigenvalue weighted by Gasteiger charge is -2.56. The number of nitrogens with one attached hydrogen (secondary N) is 1. The molecule has 19 heavy (non-hydrogen) atoms. The van der Waals surface area contributed by atoms with Crippen LogP contribution in [0.3, 0.4) is 0 Å². The Morgan fingerprint density at radius 1 is 1.37 bits per heavy atom. The minimum absolute atomic E-state index is 0.0232. The van der Waals surface area contributed by atoms with Gasteiger partial charge in [0.25, 0.3) is 0 Å². The molecule has 0 aromatic rings. The number of rotatable bonds is 6. The second-order valence-corrected chi connectivity index (χ2v) is 5.94. The Hall–Kier alpha value is -0.610. The fourth-order valence-corrected chi connectivity index (χ4v) is 3.83. The number of hydrogen-bond donors (Lipinski definition) is 1. The molecule has 0 aromatic heterocycles. The summed E-state index contributed by atoms with van der Waals surface area (Å²) in [5.74, 6) is 0.251. The molecule has 2 fully saturated rings. The number of likely N-dealkylation sites (tertiary alicyclic amines) is 1. The quantitative estimate of drug-likeness (QED) is 0.798. The summed E-state index contributed by atoms with van der Waals surface area (Å²) in [6, 6.07) is 0.453. The van der Waals surface area contributed by atoms with Gasteiger partial charge in [-0.3, -0.25) is 4.79 Å². The SMILES string of the molecule is CCO[C@@H]1C[C@H](N[C@H]2CCN(C)C2=O)C1(CC)CC. The number of amides is 1. The van der Waals surface area contributed by atoms with Gasteiger partial charge >= 0.3 is 0 Å². The van der Waals surface area contributed by atoms with E-state index in [0.717, 1.165) is 38.8 Å². The van der Waals surface area contributed by atoms with Crippen LogP contribution in [-0.2, 0) is 9.53 Å². The standard InChI is InChI=1S/C15H28N2O2/c1-5-15(6-2)12(10-13(15)19-7-3)16-11-8-9-17(4)14(11)18/h11-13,16H,5-10H2,1-4H3/t11-,12-,13+/m0/s1. The Bertz CT molecular complexity index is 328. The maximum atomic E-state index is 12.0. The fraction of sp³-hybridized carbons (Fsp3) is 0.933. The maximum absolute atomic E-state index is 12.0. The van der Waals surface area contributed by atoms with E-state index in [2.05, 4.69) is 26.1 Å². The van der Waals surface area contributed by atoms with Crippen LogP contribution in [0.2, 0.25) is 0 Å². The summed E-state index contributed by atoms with van der Waals surface area (Å²) in [5, 5.41) is 3.61. The smallest absolute Gasteiger partial charge is 0.239 e. The van der Waals surface area contributed by atoms with Crippen molar-refractivity contribution in [2.24, 2.45) is 5.41 Å². The van der Waals surface area contributed by atoms with Gasteiger partial charge < -0.3 is 15.0 Å².